The normalized spacial score (nSPS) is 14.1. The standard InChI is InChI=1S/C22H25N5O/c28-22(24-15-17-6-2-1-3-7-17)25-16-19-14-21(18-10-12-23-13-11-18)27(26-19)20-8-4-5-9-20/h1-3,6-7,10-14,20H,4-5,8-9,15-16H2,(H2,24,25,28). The van der Waals surface area contributed by atoms with Crippen LogP contribution in [0.15, 0.2) is 60.9 Å². The zero-order valence-electron chi connectivity index (χ0n) is 15.8. The molecule has 2 heterocycles. The van der Waals surface area contributed by atoms with Crippen LogP contribution in [0.25, 0.3) is 11.3 Å². The van der Waals surface area contributed by atoms with Crippen molar-refractivity contribution in [3.8, 4) is 11.3 Å². The highest BCUT2D eigenvalue weighted by atomic mass is 16.2. The molecule has 2 N–H and O–H groups in total. The SMILES string of the molecule is O=C(NCc1ccccc1)NCc1cc(-c2ccncc2)n(C2CCCC2)n1. The van der Waals surface area contributed by atoms with Crippen LogP contribution in [0, 0.1) is 0 Å². The number of nitrogens with zero attached hydrogens (tertiary/aromatic N) is 3. The van der Waals surface area contributed by atoms with Gasteiger partial charge >= 0.3 is 6.03 Å². The molecular weight excluding hydrogens is 350 g/mol. The summed E-state index contributed by atoms with van der Waals surface area (Å²) in [7, 11) is 0. The molecule has 1 aliphatic rings. The lowest BCUT2D eigenvalue weighted by Gasteiger charge is -2.14. The lowest BCUT2D eigenvalue weighted by Crippen LogP contribution is -2.34. The van der Waals surface area contributed by atoms with Crippen LogP contribution in [0.4, 0.5) is 4.79 Å². The Balaban J connectivity index is 1.42. The molecule has 6 nitrogen and oxygen atoms in total. The number of amides is 2. The molecule has 1 aliphatic carbocycles. The number of nitrogens with one attached hydrogen (secondary N) is 2. The summed E-state index contributed by atoms with van der Waals surface area (Å²) in [5.74, 6) is 0. The second-order valence-electron chi connectivity index (χ2n) is 7.16. The van der Waals surface area contributed by atoms with Crippen molar-refractivity contribution >= 4 is 6.03 Å². The van der Waals surface area contributed by atoms with Crippen LogP contribution in [0.3, 0.4) is 0 Å². The Kier molecular flexibility index (Phi) is 5.66. The number of aromatic nitrogens is 3. The molecule has 1 saturated carbocycles. The molecule has 0 unspecified atom stereocenters. The fraction of sp³-hybridized carbons (Fsp3) is 0.318. The molecule has 0 spiro atoms. The summed E-state index contributed by atoms with van der Waals surface area (Å²) in [5, 5.41) is 10.6. The first-order valence-electron chi connectivity index (χ1n) is 9.84. The van der Waals surface area contributed by atoms with Crippen LogP contribution in [-0.4, -0.2) is 20.8 Å². The third-order valence-electron chi connectivity index (χ3n) is 5.16. The molecule has 3 aromatic rings. The Morgan fingerprint density at radius 3 is 2.46 bits per heavy atom. The Morgan fingerprint density at radius 1 is 1.00 bits per heavy atom. The highest BCUT2D eigenvalue weighted by Crippen LogP contribution is 2.33. The molecule has 0 saturated heterocycles. The molecule has 1 fully saturated rings. The molecule has 0 atom stereocenters. The fourth-order valence-corrected chi connectivity index (χ4v) is 3.71. The smallest absolute Gasteiger partial charge is 0.315 e. The van der Waals surface area contributed by atoms with E-state index in [1.165, 1.54) is 12.8 Å². The van der Waals surface area contributed by atoms with Crippen LogP contribution >= 0.6 is 0 Å². The zero-order chi connectivity index (χ0) is 19.2. The molecule has 28 heavy (non-hydrogen) atoms. The summed E-state index contributed by atoms with van der Waals surface area (Å²) in [6.45, 7) is 0.907. The Hall–Kier alpha value is -3.15. The molecule has 0 aliphatic heterocycles. The van der Waals surface area contributed by atoms with Crippen molar-refractivity contribution in [3.05, 3.63) is 72.2 Å². The summed E-state index contributed by atoms with van der Waals surface area (Å²) < 4.78 is 2.14. The topological polar surface area (TPSA) is 71.8 Å². The van der Waals surface area contributed by atoms with Gasteiger partial charge in [0.2, 0.25) is 0 Å². The van der Waals surface area contributed by atoms with E-state index in [-0.39, 0.29) is 6.03 Å². The minimum atomic E-state index is -0.190. The van der Waals surface area contributed by atoms with Crippen LogP contribution in [0.2, 0.25) is 0 Å². The van der Waals surface area contributed by atoms with E-state index in [1.54, 1.807) is 12.4 Å². The lowest BCUT2D eigenvalue weighted by molar-refractivity contribution is 0.240. The first-order valence-corrected chi connectivity index (χ1v) is 9.84. The zero-order valence-corrected chi connectivity index (χ0v) is 15.8. The third kappa shape index (κ3) is 4.39. The van der Waals surface area contributed by atoms with Crippen molar-refractivity contribution in [3.63, 3.8) is 0 Å². The highest BCUT2D eigenvalue weighted by Gasteiger charge is 2.22. The van der Waals surface area contributed by atoms with Crippen molar-refractivity contribution < 1.29 is 4.79 Å². The van der Waals surface area contributed by atoms with Gasteiger partial charge in [0.15, 0.2) is 0 Å². The van der Waals surface area contributed by atoms with E-state index in [0.29, 0.717) is 19.1 Å². The Labute approximate surface area is 165 Å². The molecule has 4 rings (SSSR count). The molecule has 2 amide bonds. The lowest BCUT2D eigenvalue weighted by atomic mass is 10.1. The quantitative estimate of drug-likeness (QED) is 0.682. The van der Waals surface area contributed by atoms with Gasteiger partial charge in [0.25, 0.3) is 0 Å². The van der Waals surface area contributed by atoms with E-state index in [0.717, 1.165) is 35.4 Å². The van der Waals surface area contributed by atoms with Gasteiger partial charge in [-0.3, -0.25) is 9.67 Å². The number of carbonyl (C=O) groups is 1. The highest BCUT2D eigenvalue weighted by molar-refractivity contribution is 5.73. The fourth-order valence-electron chi connectivity index (χ4n) is 3.71. The number of benzene rings is 1. The summed E-state index contributed by atoms with van der Waals surface area (Å²) in [6.07, 6.45) is 8.41. The van der Waals surface area contributed by atoms with Crippen molar-refractivity contribution in [2.45, 2.75) is 44.8 Å². The van der Waals surface area contributed by atoms with Crippen molar-refractivity contribution in [2.24, 2.45) is 0 Å². The van der Waals surface area contributed by atoms with Gasteiger partial charge in [-0.05, 0) is 36.6 Å². The van der Waals surface area contributed by atoms with Crippen LogP contribution in [0.5, 0.6) is 0 Å². The van der Waals surface area contributed by atoms with Gasteiger partial charge in [-0.1, -0.05) is 43.2 Å². The number of hydrogen-bond donors (Lipinski definition) is 2. The van der Waals surface area contributed by atoms with Gasteiger partial charge in [0, 0.05) is 24.5 Å². The van der Waals surface area contributed by atoms with Crippen molar-refractivity contribution in [1.29, 1.82) is 0 Å². The predicted octanol–water partition coefficient (Wildman–Crippen LogP) is 4.06. The van der Waals surface area contributed by atoms with E-state index in [4.69, 9.17) is 5.10 Å². The summed E-state index contributed by atoms with van der Waals surface area (Å²) >= 11 is 0. The van der Waals surface area contributed by atoms with E-state index in [2.05, 4.69) is 26.4 Å². The van der Waals surface area contributed by atoms with Crippen LogP contribution in [-0.2, 0) is 13.1 Å². The molecule has 144 valence electrons. The van der Waals surface area contributed by atoms with Gasteiger partial charge in [-0.2, -0.15) is 5.10 Å². The Bertz CT molecular complexity index is 901. The number of rotatable bonds is 6. The average Bonchev–Trinajstić information content (AvgIpc) is 3.42. The first-order chi connectivity index (χ1) is 13.8. The number of urea groups is 1. The largest absolute Gasteiger partial charge is 0.334 e. The molecule has 1 aromatic carbocycles. The van der Waals surface area contributed by atoms with Gasteiger partial charge in [-0.25, -0.2) is 4.79 Å². The minimum Gasteiger partial charge on any atom is -0.334 e. The summed E-state index contributed by atoms with van der Waals surface area (Å²) in [4.78, 5) is 16.3. The maximum absolute atomic E-state index is 12.1. The number of pyridine rings is 1. The molecule has 6 heteroatoms. The first kappa shape index (κ1) is 18.2. The van der Waals surface area contributed by atoms with Gasteiger partial charge in [0.05, 0.1) is 24.0 Å². The van der Waals surface area contributed by atoms with Crippen molar-refractivity contribution in [2.75, 3.05) is 0 Å². The molecule has 2 aromatic heterocycles. The second-order valence-corrected chi connectivity index (χ2v) is 7.16. The maximum atomic E-state index is 12.1. The van der Waals surface area contributed by atoms with Gasteiger partial charge in [0.1, 0.15) is 0 Å². The van der Waals surface area contributed by atoms with E-state index >= 15 is 0 Å². The van der Waals surface area contributed by atoms with Gasteiger partial charge < -0.3 is 10.6 Å². The number of carbonyl (C=O) groups excluding carboxylic acids is 1. The second kappa shape index (κ2) is 8.69. The van der Waals surface area contributed by atoms with E-state index in [1.807, 2.05) is 42.5 Å². The predicted molar refractivity (Wildman–Crippen MR) is 108 cm³/mol. The monoisotopic (exact) mass is 375 g/mol. The molecule has 0 bridgehead atoms. The van der Waals surface area contributed by atoms with Gasteiger partial charge in [-0.15, -0.1) is 0 Å². The average molecular weight is 375 g/mol. The summed E-state index contributed by atoms with van der Waals surface area (Å²) in [6, 6.07) is 16.2. The van der Waals surface area contributed by atoms with Crippen molar-refractivity contribution in [1.82, 2.24) is 25.4 Å². The van der Waals surface area contributed by atoms with Crippen LogP contribution < -0.4 is 10.6 Å². The van der Waals surface area contributed by atoms with E-state index < -0.39 is 0 Å². The summed E-state index contributed by atoms with van der Waals surface area (Å²) in [5.41, 5.74) is 4.14. The Morgan fingerprint density at radius 2 is 1.71 bits per heavy atom. The third-order valence-corrected chi connectivity index (χ3v) is 5.16. The molecule has 0 radical (unpaired) electrons. The molecular formula is C22H25N5O. The maximum Gasteiger partial charge on any atom is 0.315 e. The van der Waals surface area contributed by atoms with Crippen LogP contribution in [0.1, 0.15) is 43.0 Å². The van der Waals surface area contributed by atoms with E-state index in [9.17, 15) is 4.79 Å². The minimum absolute atomic E-state index is 0.190. The number of hydrogen-bond acceptors (Lipinski definition) is 3.